The van der Waals surface area contributed by atoms with Gasteiger partial charge in [-0.05, 0) is 28.1 Å². The number of carbonyl (C=O) groups excluding carboxylic acids is 1. The van der Waals surface area contributed by atoms with Crippen LogP contribution in [-0.4, -0.2) is 22.7 Å². The van der Waals surface area contributed by atoms with Gasteiger partial charge in [-0.15, -0.1) is 0 Å². The van der Waals surface area contributed by atoms with Crippen molar-refractivity contribution in [2.24, 2.45) is 0 Å². The Kier molecular flexibility index (Phi) is 2.78. The molecule has 0 bridgehead atoms. The van der Waals surface area contributed by atoms with Crippen molar-refractivity contribution in [3.63, 3.8) is 0 Å². The number of carbonyl (C=O) groups is 1. The quantitative estimate of drug-likeness (QED) is 0.792. The first kappa shape index (κ1) is 9.98. The summed E-state index contributed by atoms with van der Waals surface area (Å²) in [6.45, 7) is 0.636. The van der Waals surface area contributed by atoms with Crippen LogP contribution >= 0.6 is 28.6 Å². The highest BCUT2D eigenvalue weighted by molar-refractivity contribution is 9.10. The first-order valence-corrected chi connectivity index (χ1v) is 5.58. The Morgan fingerprint density at radius 3 is 3.00 bits per heavy atom. The number of pyridine rings is 1. The van der Waals surface area contributed by atoms with Crippen molar-refractivity contribution in [3.8, 4) is 0 Å². The van der Waals surface area contributed by atoms with E-state index in [-0.39, 0.29) is 11.2 Å². The molecule has 1 aliphatic heterocycles. The van der Waals surface area contributed by atoms with Crippen molar-refractivity contribution in [2.45, 2.75) is 11.7 Å². The summed E-state index contributed by atoms with van der Waals surface area (Å²) in [6, 6.07) is 3.70. The van der Waals surface area contributed by atoms with Crippen LogP contribution in [0.2, 0.25) is 0 Å². The molecule has 1 unspecified atom stereocenters. The zero-order valence-electron chi connectivity index (χ0n) is 7.35. The van der Waals surface area contributed by atoms with E-state index in [2.05, 4.69) is 33.5 Å². The molecule has 0 radical (unpaired) electrons. The van der Waals surface area contributed by atoms with Crippen LogP contribution < -0.4 is 4.90 Å². The Morgan fingerprint density at radius 1 is 1.64 bits per heavy atom. The van der Waals surface area contributed by atoms with Gasteiger partial charge in [0.05, 0.1) is 4.47 Å². The fourth-order valence-electron chi connectivity index (χ4n) is 1.47. The Morgan fingerprint density at radius 2 is 2.43 bits per heavy atom. The first-order valence-electron chi connectivity index (χ1n) is 4.27. The average Bonchev–Trinajstić information content (AvgIpc) is 2.46. The number of hydrogen-bond donors (Lipinski definition) is 1. The van der Waals surface area contributed by atoms with Crippen LogP contribution in [0.3, 0.4) is 0 Å². The maximum Gasteiger partial charge on any atom is 0.229 e. The summed E-state index contributed by atoms with van der Waals surface area (Å²) in [4.78, 5) is 17.4. The normalized spacial score (nSPS) is 21.7. The van der Waals surface area contributed by atoms with E-state index in [4.69, 9.17) is 0 Å². The minimum Gasteiger partial charge on any atom is -0.295 e. The van der Waals surface area contributed by atoms with E-state index in [0.29, 0.717) is 18.8 Å². The predicted octanol–water partition coefficient (Wildman–Crippen LogP) is 1.88. The van der Waals surface area contributed by atoms with E-state index in [9.17, 15) is 4.79 Å². The van der Waals surface area contributed by atoms with Crippen LogP contribution in [0.4, 0.5) is 5.82 Å². The summed E-state index contributed by atoms with van der Waals surface area (Å²) >= 11 is 7.66. The summed E-state index contributed by atoms with van der Waals surface area (Å²) in [5, 5.41) is 0.122. The highest BCUT2D eigenvalue weighted by Crippen LogP contribution is 2.28. The lowest BCUT2D eigenvalue weighted by Crippen LogP contribution is -2.25. The fourth-order valence-corrected chi connectivity index (χ4v) is 2.26. The standard InChI is InChI=1S/C9H9BrN2OS/c10-7-2-1-3-11-9(7)12-5-6(14)4-8(12)13/h1-3,6,14H,4-5H2. The van der Waals surface area contributed by atoms with E-state index in [1.807, 2.05) is 12.1 Å². The number of thiol groups is 1. The van der Waals surface area contributed by atoms with Gasteiger partial charge in [0.15, 0.2) is 0 Å². The molecule has 0 spiro atoms. The number of hydrogen-bond acceptors (Lipinski definition) is 3. The van der Waals surface area contributed by atoms with Crippen LogP contribution in [0.25, 0.3) is 0 Å². The number of nitrogens with zero attached hydrogens (tertiary/aromatic N) is 2. The number of amides is 1. The molecule has 2 heterocycles. The topological polar surface area (TPSA) is 33.2 Å². The van der Waals surface area contributed by atoms with E-state index in [0.717, 1.165) is 4.47 Å². The van der Waals surface area contributed by atoms with Crippen LogP contribution in [0, 0.1) is 0 Å². The molecule has 14 heavy (non-hydrogen) atoms. The zero-order valence-corrected chi connectivity index (χ0v) is 9.83. The number of rotatable bonds is 1. The molecule has 0 saturated carbocycles. The molecule has 1 saturated heterocycles. The molecule has 1 atom stereocenters. The second-order valence-electron chi connectivity index (χ2n) is 3.17. The molecule has 0 N–H and O–H groups in total. The molecular formula is C9H9BrN2OS. The largest absolute Gasteiger partial charge is 0.295 e. The lowest BCUT2D eigenvalue weighted by atomic mass is 10.4. The van der Waals surface area contributed by atoms with Gasteiger partial charge in [-0.1, -0.05) is 0 Å². The third kappa shape index (κ3) is 1.79. The Labute approximate surface area is 96.0 Å². The minimum absolute atomic E-state index is 0.0874. The second-order valence-corrected chi connectivity index (χ2v) is 4.76. The van der Waals surface area contributed by atoms with Crippen LogP contribution in [0.15, 0.2) is 22.8 Å². The first-order chi connectivity index (χ1) is 6.68. The molecular weight excluding hydrogens is 264 g/mol. The van der Waals surface area contributed by atoms with Gasteiger partial charge in [-0.25, -0.2) is 4.98 Å². The third-order valence-corrected chi connectivity index (χ3v) is 3.06. The van der Waals surface area contributed by atoms with Gasteiger partial charge in [0.25, 0.3) is 0 Å². The SMILES string of the molecule is O=C1CC(S)CN1c1ncccc1Br. The van der Waals surface area contributed by atoms with Crippen LogP contribution in [0.5, 0.6) is 0 Å². The Bertz CT molecular complexity index is 372. The van der Waals surface area contributed by atoms with Crippen molar-refractivity contribution in [3.05, 3.63) is 22.8 Å². The van der Waals surface area contributed by atoms with E-state index in [1.54, 1.807) is 11.1 Å². The molecule has 1 amide bonds. The van der Waals surface area contributed by atoms with Gasteiger partial charge < -0.3 is 0 Å². The van der Waals surface area contributed by atoms with Crippen LogP contribution in [0.1, 0.15) is 6.42 Å². The maximum atomic E-state index is 11.6. The highest BCUT2D eigenvalue weighted by atomic mass is 79.9. The number of aromatic nitrogens is 1. The van der Waals surface area contributed by atoms with Gasteiger partial charge in [-0.2, -0.15) is 12.6 Å². The van der Waals surface area contributed by atoms with Gasteiger partial charge >= 0.3 is 0 Å². The summed E-state index contributed by atoms with van der Waals surface area (Å²) in [5.74, 6) is 0.776. The smallest absolute Gasteiger partial charge is 0.229 e. The molecule has 0 aromatic carbocycles. The average molecular weight is 273 g/mol. The van der Waals surface area contributed by atoms with Crippen LogP contribution in [-0.2, 0) is 4.79 Å². The summed E-state index contributed by atoms with van der Waals surface area (Å²) in [5.41, 5.74) is 0. The van der Waals surface area contributed by atoms with Crippen molar-refractivity contribution in [1.29, 1.82) is 0 Å². The highest BCUT2D eigenvalue weighted by Gasteiger charge is 2.29. The van der Waals surface area contributed by atoms with E-state index in [1.165, 1.54) is 0 Å². The van der Waals surface area contributed by atoms with Gasteiger partial charge in [0, 0.05) is 24.4 Å². The second kappa shape index (κ2) is 3.90. The molecule has 1 aromatic heterocycles. The molecule has 74 valence electrons. The molecule has 3 nitrogen and oxygen atoms in total. The molecule has 0 aliphatic carbocycles. The molecule has 2 rings (SSSR count). The summed E-state index contributed by atoms with van der Waals surface area (Å²) in [7, 11) is 0. The number of halogens is 1. The monoisotopic (exact) mass is 272 g/mol. The molecule has 1 fully saturated rings. The summed E-state index contributed by atoms with van der Waals surface area (Å²) < 4.78 is 0.843. The third-order valence-electron chi connectivity index (χ3n) is 2.10. The number of anilines is 1. The minimum atomic E-state index is 0.0874. The van der Waals surface area contributed by atoms with Crippen molar-refractivity contribution < 1.29 is 4.79 Å². The molecule has 5 heteroatoms. The van der Waals surface area contributed by atoms with Crippen molar-refractivity contribution in [2.75, 3.05) is 11.4 Å². The predicted molar refractivity (Wildman–Crippen MR) is 61.7 cm³/mol. The van der Waals surface area contributed by atoms with Gasteiger partial charge in [0.1, 0.15) is 5.82 Å². The lowest BCUT2D eigenvalue weighted by molar-refractivity contribution is -0.117. The van der Waals surface area contributed by atoms with Crippen molar-refractivity contribution in [1.82, 2.24) is 4.98 Å². The summed E-state index contributed by atoms with van der Waals surface area (Å²) in [6.07, 6.45) is 2.17. The van der Waals surface area contributed by atoms with E-state index < -0.39 is 0 Å². The lowest BCUT2D eigenvalue weighted by Gasteiger charge is -2.15. The maximum absolute atomic E-state index is 11.6. The van der Waals surface area contributed by atoms with Gasteiger partial charge in [-0.3, -0.25) is 9.69 Å². The van der Waals surface area contributed by atoms with Gasteiger partial charge in [0.2, 0.25) is 5.91 Å². The molecule has 1 aromatic rings. The Balaban J connectivity index is 2.32. The molecule has 1 aliphatic rings. The zero-order chi connectivity index (χ0) is 10.1. The fraction of sp³-hybridized carbons (Fsp3) is 0.333. The van der Waals surface area contributed by atoms with Crippen molar-refractivity contribution >= 4 is 40.3 Å². The van der Waals surface area contributed by atoms with E-state index >= 15 is 0 Å². The Hall–Kier alpha value is -0.550.